The van der Waals surface area contributed by atoms with E-state index in [1.54, 1.807) is 18.2 Å². The Kier molecular flexibility index (Phi) is 3.83. The van der Waals surface area contributed by atoms with Gasteiger partial charge in [-0.3, -0.25) is 4.79 Å². The molecule has 0 spiro atoms. The van der Waals surface area contributed by atoms with Gasteiger partial charge in [0.2, 0.25) is 0 Å². The Morgan fingerprint density at radius 3 is 2.74 bits per heavy atom. The van der Waals surface area contributed by atoms with Crippen molar-refractivity contribution in [3.63, 3.8) is 0 Å². The van der Waals surface area contributed by atoms with Crippen LogP contribution in [0.5, 0.6) is 5.75 Å². The van der Waals surface area contributed by atoms with E-state index < -0.39 is 0 Å². The zero-order chi connectivity index (χ0) is 13.8. The molecule has 0 radical (unpaired) electrons. The summed E-state index contributed by atoms with van der Waals surface area (Å²) in [7, 11) is 1.51. The van der Waals surface area contributed by atoms with E-state index in [4.69, 9.17) is 10.00 Å². The van der Waals surface area contributed by atoms with Crippen LogP contribution >= 0.6 is 0 Å². The highest BCUT2D eigenvalue weighted by Gasteiger charge is 2.17. The maximum atomic E-state index is 12.1. The first-order valence-corrected chi connectivity index (χ1v) is 5.94. The highest BCUT2D eigenvalue weighted by molar-refractivity contribution is 6.04. The maximum absolute atomic E-state index is 12.1. The first-order valence-electron chi connectivity index (χ1n) is 5.94. The molecule has 1 amide bonds. The summed E-state index contributed by atoms with van der Waals surface area (Å²) >= 11 is 0. The molecule has 1 heterocycles. The summed E-state index contributed by atoms with van der Waals surface area (Å²) in [4.78, 5) is 12.1. The van der Waals surface area contributed by atoms with Crippen LogP contribution in [0.25, 0.3) is 0 Å². The molecule has 5 heteroatoms. The lowest BCUT2D eigenvalue weighted by atomic mass is 10.0. The number of nitriles is 1. The topological polar surface area (TPSA) is 74.1 Å². The molecule has 0 saturated carbocycles. The minimum atomic E-state index is -0.139. The van der Waals surface area contributed by atoms with E-state index in [-0.39, 0.29) is 5.91 Å². The predicted molar refractivity (Wildman–Crippen MR) is 71.9 cm³/mol. The zero-order valence-electron chi connectivity index (χ0n) is 10.9. The van der Waals surface area contributed by atoms with Crippen molar-refractivity contribution < 1.29 is 9.53 Å². The van der Waals surface area contributed by atoms with Gasteiger partial charge in [-0.05, 0) is 24.6 Å². The van der Waals surface area contributed by atoms with E-state index in [0.717, 1.165) is 24.2 Å². The Balaban J connectivity index is 2.19. The summed E-state index contributed by atoms with van der Waals surface area (Å²) < 4.78 is 5.18. The third-order valence-corrected chi connectivity index (χ3v) is 3.13. The summed E-state index contributed by atoms with van der Waals surface area (Å²) in [6.07, 6.45) is 0. The van der Waals surface area contributed by atoms with Crippen LogP contribution in [-0.4, -0.2) is 26.1 Å². The van der Waals surface area contributed by atoms with Crippen LogP contribution in [0.2, 0.25) is 0 Å². The second-order valence-electron chi connectivity index (χ2n) is 4.31. The molecule has 1 saturated heterocycles. The van der Waals surface area contributed by atoms with Gasteiger partial charge in [0.05, 0.1) is 24.4 Å². The summed E-state index contributed by atoms with van der Waals surface area (Å²) in [5.41, 5.74) is 2.90. The minimum absolute atomic E-state index is 0.139. The van der Waals surface area contributed by atoms with Gasteiger partial charge in [-0.2, -0.15) is 5.26 Å². The molecule has 98 valence electrons. The average Bonchev–Trinajstić information content (AvgIpc) is 2.37. The van der Waals surface area contributed by atoms with Gasteiger partial charge in [-0.15, -0.1) is 0 Å². The number of carbonyl (C=O) groups is 1. The SMILES string of the molecule is COc1cc(C#N)ccc1NC(=O)C(C)=C1CNC1. The van der Waals surface area contributed by atoms with Crippen molar-refractivity contribution in [3.05, 3.63) is 34.9 Å². The van der Waals surface area contributed by atoms with E-state index in [0.29, 0.717) is 17.0 Å². The number of ether oxygens (including phenoxy) is 1. The van der Waals surface area contributed by atoms with Crippen LogP contribution in [0, 0.1) is 11.3 Å². The van der Waals surface area contributed by atoms with Crippen LogP contribution in [0.3, 0.4) is 0 Å². The quantitative estimate of drug-likeness (QED) is 0.803. The minimum Gasteiger partial charge on any atom is -0.495 e. The Bertz CT molecular complexity index is 579. The molecule has 5 nitrogen and oxygen atoms in total. The molecule has 1 aromatic rings. The van der Waals surface area contributed by atoms with Crippen molar-refractivity contribution >= 4 is 11.6 Å². The molecule has 2 rings (SSSR count). The van der Waals surface area contributed by atoms with Gasteiger partial charge in [0, 0.05) is 24.7 Å². The molecule has 1 aromatic carbocycles. The largest absolute Gasteiger partial charge is 0.495 e. The van der Waals surface area contributed by atoms with Crippen molar-refractivity contribution in [1.82, 2.24) is 5.32 Å². The van der Waals surface area contributed by atoms with Crippen LogP contribution in [0.15, 0.2) is 29.3 Å². The molecule has 0 unspecified atom stereocenters. The Morgan fingerprint density at radius 1 is 1.47 bits per heavy atom. The van der Waals surface area contributed by atoms with Crippen molar-refractivity contribution in [2.24, 2.45) is 0 Å². The number of nitrogens with one attached hydrogen (secondary N) is 2. The van der Waals surface area contributed by atoms with Crippen molar-refractivity contribution in [1.29, 1.82) is 5.26 Å². The van der Waals surface area contributed by atoms with Gasteiger partial charge in [0.15, 0.2) is 0 Å². The van der Waals surface area contributed by atoms with Crippen LogP contribution in [-0.2, 0) is 4.79 Å². The number of carbonyl (C=O) groups excluding carboxylic acids is 1. The normalized spacial score (nSPS) is 13.2. The molecular weight excluding hydrogens is 242 g/mol. The first kappa shape index (κ1) is 13.1. The fourth-order valence-corrected chi connectivity index (χ4v) is 1.76. The highest BCUT2D eigenvalue weighted by Crippen LogP contribution is 2.26. The second kappa shape index (κ2) is 5.55. The number of anilines is 1. The average molecular weight is 257 g/mol. The third kappa shape index (κ3) is 2.75. The lowest BCUT2D eigenvalue weighted by Crippen LogP contribution is -2.36. The number of amides is 1. The first-order chi connectivity index (χ1) is 9.15. The number of methoxy groups -OCH3 is 1. The molecule has 0 aliphatic carbocycles. The van der Waals surface area contributed by atoms with Gasteiger partial charge < -0.3 is 15.4 Å². The maximum Gasteiger partial charge on any atom is 0.251 e. The smallest absolute Gasteiger partial charge is 0.251 e. The lowest BCUT2D eigenvalue weighted by molar-refractivity contribution is -0.112. The predicted octanol–water partition coefficient (Wildman–Crippen LogP) is 1.43. The molecule has 1 aliphatic heterocycles. The number of hydrogen-bond acceptors (Lipinski definition) is 4. The zero-order valence-corrected chi connectivity index (χ0v) is 10.9. The van der Waals surface area contributed by atoms with Crippen LogP contribution < -0.4 is 15.4 Å². The molecule has 19 heavy (non-hydrogen) atoms. The lowest BCUT2D eigenvalue weighted by Gasteiger charge is -2.21. The van der Waals surface area contributed by atoms with Crippen LogP contribution in [0.1, 0.15) is 12.5 Å². The summed E-state index contributed by atoms with van der Waals surface area (Å²) in [6, 6.07) is 6.95. The van der Waals surface area contributed by atoms with Gasteiger partial charge in [-0.25, -0.2) is 0 Å². The van der Waals surface area contributed by atoms with E-state index in [9.17, 15) is 4.79 Å². The van der Waals surface area contributed by atoms with E-state index >= 15 is 0 Å². The number of rotatable bonds is 3. The number of benzene rings is 1. The van der Waals surface area contributed by atoms with Crippen molar-refractivity contribution in [2.45, 2.75) is 6.92 Å². The Hall–Kier alpha value is -2.32. The number of hydrogen-bond donors (Lipinski definition) is 2. The highest BCUT2D eigenvalue weighted by atomic mass is 16.5. The number of nitrogens with zero attached hydrogens (tertiary/aromatic N) is 1. The molecule has 1 aliphatic rings. The molecule has 2 N–H and O–H groups in total. The summed E-state index contributed by atoms with van der Waals surface area (Å²) in [5, 5.41) is 14.7. The third-order valence-electron chi connectivity index (χ3n) is 3.13. The molecule has 0 bridgehead atoms. The molecule has 0 aromatic heterocycles. The van der Waals surface area contributed by atoms with Gasteiger partial charge in [-0.1, -0.05) is 0 Å². The van der Waals surface area contributed by atoms with Gasteiger partial charge in [0.25, 0.3) is 5.91 Å². The van der Waals surface area contributed by atoms with Crippen LogP contribution in [0.4, 0.5) is 5.69 Å². The standard InChI is InChI=1S/C14H15N3O2/c1-9(11-7-16-8-11)14(18)17-12-4-3-10(6-15)5-13(12)19-2/h3-5,16H,7-8H2,1-2H3,(H,17,18). The monoisotopic (exact) mass is 257 g/mol. The van der Waals surface area contributed by atoms with Crippen molar-refractivity contribution in [3.8, 4) is 11.8 Å². The van der Waals surface area contributed by atoms with E-state index in [1.165, 1.54) is 7.11 Å². The fraction of sp³-hybridized carbons (Fsp3) is 0.286. The summed E-state index contributed by atoms with van der Waals surface area (Å²) in [5.74, 6) is 0.344. The Morgan fingerprint density at radius 2 is 2.21 bits per heavy atom. The van der Waals surface area contributed by atoms with Crippen molar-refractivity contribution in [2.75, 3.05) is 25.5 Å². The fourth-order valence-electron chi connectivity index (χ4n) is 1.76. The Labute approximate surface area is 111 Å². The second-order valence-corrected chi connectivity index (χ2v) is 4.31. The van der Waals surface area contributed by atoms with E-state index in [2.05, 4.69) is 10.6 Å². The van der Waals surface area contributed by atoms with E-state index in [1.807, 2.05) is 13.0 Å². The van der Waals surface area contributed by atoms with Gasteiger partial charge >= 0.3 is 0 Å². The molecule has 1 fully saturated rings. The van der Waals surface area contributed by atoms with Gasteiger partial charge in [0.1, 0.15) is 5.75 Å². The summed E-state index contributed by atoms with van der Waals surface area (Å²) in [6.45, 7) is 3.34. The molecule has 0 atom stereocenters. The molecular formula is C14H15N3O2.